The van der Waals surface area contributed by atoms with Crippen LogP contribution in [0.1, 0.15) is 46.4 Å². The molecule has 1 unspecified atom stereocenters. The van der Waals surface area contributed by atoms with Crippen molar-refractivity contribution in [1.29, 1.82) is 0 Å². The lowest BCUT2D eigenvalue weighted by Gasteiger charge is -2.29. The van der Waals surface area contributed by atoms with Crippen molar-refractivity contribution in [2.75, 3.05) is 13.1 Å². The standard InChI is InChI=1S/C15H29N3/c1-6-15(4,12-16-11-13(2)3)8-7-14-17-9-10-18(14)5/h9-10,13,16H,6-8,11-12H2,1-5H3. The van der Waals surface area contributed by atoms with Gasteiger partial charge in [-0.25, -0.2) is 4.98 Å². The third kappa shape index (κ3) is 4.81. The second-order valence-corrected chi connectivity index (χ2v) is 6.14. The van der Waals surface area contributed by atoms with Gasteiger partial charge in [-0.3, -0.25) is 0 Å². The SMILES string of the molecule is CCC(C)(CCc1nccn1C)CNCC(C)C. The van der Waals surface area contributed by atoms with Crippen LogP contribution in [0.2, 0.25) is 0 Å². The zero-order chi connectivity index (χ0) is 13.6. The average molecular weight is 251 g/mol. The molecule has 0 saturated carbocycles. The molecule has 0 radical (unpaired) electrons. The van der Waals surface area contributed by atoms with Crippen molar-refractivity contribution < 1.29 is 0 Å². The van der Waals surface area contributed by atoms with Crippen LogP contribution in [0.25, 0.3) is 0 Å². The predicted molar refractivity (Wildman–Crippen MR) is 77.6 cm³/mol. The summed E-state index contributed by atoms with van der Waals surface area (Å²) < 4.78 is 2.12. The van der Waals surface area contributed by atoms with E-state index in [1.807, 2.05) is 12.4 Å². The van der Waals surface area contributed by atoms with E-state index in [1.165, 1.54) is 18.7 Å². The molecule has 3 heteroatoms. The highest BCUT2D eigenvalue weighted by molar-refractivity contribution is 4.93. The number of nitrogens with zero attached hydrogens (tertiary/aromatic N) is 2. The van der Waals surface area contributed by atoms with E-state index in [-0.39, 0.29) is 0 Å². The van der Waals surface area contributed by atoms with Crippen molar-refractivity contribution in [1.82, 2.24) is 14.9 Å². The van der Waals surface area contributed by atoms with Crippen molar-refractivity contribution in [3.63, 3.8) is 0 Å². The summed E-state index contributed by atoms with van der Waals surface area (Å²) in [5, 5.41) is 3.59. The smallest absolute Gasteiger partial charge is 0.108 e. The second-order valence-electron chi connectivity index (χ2n) is 6.14. The van der Waals surface area contributed by atoms with Gasteiger partial charge in [0.1, 0.15) is 5.82 Å². The molecule has 1 aromatic heterocycles. The first-order valence-corrected chi connectivity index (χ1v) is 7.14. The van der Waals surface area contributed by atoms with Crippen molar-refractivity contribution >= 4 is 0 Å². The van der Waals surface area contributed by atoms with E-state index in [0.717, 1.165) is 25.4 Å². The van der Waals surface area contributed by atoms with Gasteiger partial charge in [0, 0.05) is 32.4 Å². The number of hydrogen-bond donors (Lipinski definition) is 1. The number of hydrogen-bond acceptors (Lipinski definition) is 2. The van der Waals surface area contributed by atoms with Gasteiger partial charge >= 0.3 is 0 Å². The van der Waals surface area contributed by atoms with Gasteiger partial charge < -0.3 is 9.88 Å². The van der Waals surface area contributed by atoms with Gasteiger partial charge in [0.2, 0.25) is 0 Å². The van der Waals surface area contributed by atoms with E-state index in [0.29, 0.717) is 5.41 Å². The fourth-order valence-electron chi connectivity index (χ4n) is 2.10. The average Bonchev–Trinajstić information content (AvgIpc) is 2.72. The summed E-state index contributed by atoms with van der Waals surface area (Å²) in [6.45, 7) is 11.4. The van der Waals surface area contributed by atoms with Crippen LogP contribution in [-0.2, 0) is 13.5 Å². The van der Waals surface area contributed by atoms with Crippen LogP contribution in [0.4, 0.5) is 0 Å². The van der Waals surface area contributed by atoms with Crippen molar-refractivity contribution in [3.05, 3.63) is 18.2 Å². The summed E-state index contributed by atoms with van der Waals surface area (Å²) in [7, 11) is 2.07. The van der Waals surface area contributed by atoms with Crippen LogP contribution < -0.4 is 5.32 Å². The molecule has 1 atom stereocenters. The summed E-state index contributed by atoms with van der Waals surface area (Å²) in [5.74, 6) is 1.92. The van der Waals surface area contributed by atoms with Crippen LogP contribution >= 0.6 is 0 Å². The molecule has 0 spiro atoms. The third-order valence-electron chi connectivity index (χ3n) is 3.83. The van der Waals surface area contributed by atoms with Gasteiger partial charge in [-0.2, -0.15) is 0 Å². The molecule has 1 N–H and O–H groups in total. The van der Waals surface area contributed by atoms with E-state index < -0.39 is 0 Å². The molecule has 3 nitrogen and oxygen atoms in total. The molecule has 0 amide bonds. The Morgan fingerprint density at radius 2 is 2.17 bits per heavy atom. The molecule has 1 rings (SSSR count). The minimum Gasteiger partial charge on any atom is -0.338 e. The molecular formula is C15H29N3. The fraction of sp³-hybridized carbons (Fsp3) is 0.800. The second kappa shape index (κ2) is 6.93. The summed E-state index contributed by atoms with van der Waals surface area (Å²) in [6, 6.07) is 0. The Labute approximate surface area is 112 Å². The molecular weight excluding hydrogens is 222 g/mol. The summed E-state index contributed by atoms with van der Waals surface area (Å²) in [6.07, 6.45) is 7.38. The first kappa shape index (κ1) is 15.2. The van der Waals surface area contributed by atoms with Gasteiger partial charge in [0.15, 0.2) is 0 Å². The number of rotatable bonds is 8. The third-order valence-corrected chi connectivity index (χ3v) is 3.83. The molecule has 0 aromatic carbocycles. The normalized spacial score (nSPS) is 15.0. The fourth-order valence-corrected chi connectivity index (χ4v) is 2.10. The maximum atomic E-state index is 4.40. The lowest BCUT2D eigenvalue weighted by atomic mass is 9.82. The van der Waals surface area contributed by atoms with Crippen molar-refractivity contribution in [2.45, 2.75) is 47.0 Å². The van der Waals surface area contributed by atoms with Crippen LogP contribution in [0.5, 0.6) is 0 Å². The summed E-state index contributed by atoms with van der Waals surface area (Å²) in [4.78, 5) is 4.40. The molecule has 1 heterocycles. The monoisotopic (exact) mass is 251 g/mol. The largest absolute Gasteiger partial charge is 0.338 e. The Hall–Kier alpha value is -0.830. The summed E-state index contributed by atoms with van der Waals surface area (Å²) >= 11 is 0. The van der Waals surface area contributed by atoms with E-state index in [2.05, 4.69) is 49.6 Å². The van der Waals surface area contributed by atoms with Crippen LogP contribution in [0, 0.1) is 11.3 Å². The Morgan fingerprint density at radius 1 is 1.44 bits per heavy atom. The topological polar surface area (TPSA) is 29.9 Å². The lowest BCUT2D eigenvalue weighted by molar-refractivity contribution is 0.263. The van der Waals surface area contributed by atoms with Gasteiger partial charge in [-0.15, -0.1) is 0 Å². The highest BCUT2D eigenvalue weighted by Gasteiger charge is 2.22. The van der Waals surface area contributed by atoms with E-state index >= 15 is 0 Å². The molecule has 0 aliphatic heterocycles. The van der Waals surface area contributed by atoms with Gasteiger partial charge in [0.25, 0.3) is 0 Å². The molecule has 18 heavy (non-hydrogen) atoms. The maximum absolute atomic E-state index is 4.40. The first-order chi connectivity index (χ1) is 8.47. The number of aryl methyl sites for hydroxylation is 2. The Balaban J connectivity index is 2.42. The Morgan fingerprint density at radius 3 is 2.67 bits per heavy atom. The van der Waals surface area contributed by atoms with Crippen LogP contribution in [0.15, 0.2) is 12.4 Å². The highest BCUT2D eigenvalue weighted by Crippen LogP contribution is 2.26. The van der Waals surface area contributed by atoms with E-state index in [9.17, 15) is 0 Å². The number of imidazole rings is 1. The minimum absolute atomic E-state index is 0.376. The van der Waals surface area contributed by atoms with Crippen LogP contribution in [-0.4, -0.2) is 22.6 Å². The molecule has 104 valence electrons. The zero-order valence-electron chi connectivity index (χ0n) is 12.7. The molecule has 0 aliphatic rings. The Bertz CT molecular complexity index is 343. The summed E-state index contributed by atoms with van der Waals surface area (Å²) in [5.41, 5.74) is 0.376. The van der Waals surface area contributed by atoms with E-state index in [4.69, 9.17) is 0 Å². The van der Waals surface area contributed by atoms with Crippen molar-refractivity contribution in [2.24, 2.45) is 18.4 Å². The lowest BCUT2D eigenvalue weighted by Crippen LogP contribution is -2.34. The minimum atomic E-state index is 0.376. The van der Waals surface area contributed by atoms with Gasteiger partial charge in [-0.05, 0) is 30.7 Å². The van der Waals surface area contributed by atoms with E-state index in [1.54, 1.807) is 0 Å². The first-order valence-electron chi connectivity index (χ1n) is 7.14. The molecule has 0 saturated heterocycles. The Kier molecular flexibility index (Phi) is 5.86. The van der Waals surface area contributed by atoms with Gasteiger partial charge in [-0.1, -0.05) is 27.7 Å². The number of nitrogens with one attached hydrogen (secondary N) is 1. The van der Waals surface area contributed by atoms with Crippen LogP contribution in [0.3, 0.4) is 0 Å². The maximum Gasteiger partial charge on any atom is 0.108 e. The van der Waals surface area contributed by atoms with Crippen molar-refractivity contribution in [3.8, 4) is 0 Å². The molecule has 0 fully saturated rings. The zero-order valence-corrected chi connectivity index (χ0v) is 12.7. The predicted octanol–water partition coefficient (Wildman–Crippen LogP) is 3.01. The molecule has 0 bridgehead atoms. The molecule has 0 aliphatic carbocycles. The number of aromatic nitrogens is 2. The quantitative estimate of drug-likeness (QED) is 0.769. The highest BCUT2D eigenvalue weighted by atomic mass is 15.0. The molecule has 1 aromatic rings. The van der Waals surface area contributed by atoms with Gasteiger partial charge in [0.05, 0.1) is 0 Å².